The summed E-state index contributed by atoms with van der Waals surface area (Å²) in [5.41, 5.74) is 0.727. The van der Waals surface area contributed by atoms with Gasteiger partial charge in [-0.1, -0.05) is 11.2 Å². The molecule has 0 fully saturated rings. The van der Waals surface area contributed by atoms with Crippen LogP contribution >= 0.6 is 11.3 Å². The first kappa shape index (κ1) is 8.37. The topological polar surface area (TPSA) is 67.6 Å². The minimum atomic E-state index is 0.455. The van der Waals surface area contributed by atoms with Gasteiger partial charge in [-0.2, -0.15) is 10.1 Å². The van der Waals surface area contributed by atoms with Gasteiger partial charge in [0.05, 0.1) is 4.88 Å². The molecule has 0 saturated carbocycles. The first-order valence-corrected chi connectivity index (χ1v) is 5.19. The molecule has 3 aromatic rings. The van der Waals surface area contributed by atoms with Crippen LogP contribution in [0.25, 0.3) is 22.3 Å². The van der Waals surface area contributed by atoms with Crippen molar-refractivity contribution in [2.24, 2.45) is 0 Å². The van der Waals surface area contributed by atoms with Gasteiger partial charge in [-0.15, -0.1) is 11.3 Å². The largest absolute Gasteiger partial charge is 0.332 e. The zero-order valence-electron chi connectivity index (χ0n) is 7.54. The lowest BCUT2D eigenvalue weighted by molar-refractivity contribution is 0.431. The summed E-state index contributed by atoms with van der Waals surface area (Å²) in [7, 11) is 0. The highest BCUT2D eigenvalue weighted by molar-refractivity contribution is 7.13. The summed E-state index contributed by atoms with van der Waals surface area (Å²) in [6.45, 7) is 0. The maximum Gasteiger partial charge on any atom is 0.276 e. The van der Waals surface area contributed by atoms with Gasteiger partial charge in [-0.3, -0.25) is 5.10 Å². The molecule has 0 bridgehead atoms. The summed E-state index contributed by atoms with van der Waals surface area (Å²) < 4.78 is 5.11. The van der Waals surface area contributed by atoms with Crippen molar-refractivity contribution in [2.45, 2.75) is 0 Å². The maximum atomic E-state index is 5.11. The summed E-state index contributed by atoms with van der Waals surface area (Å²) in [6.07, 6.45) is 1.64. The van der Waals surface area contributed by atoms with Gasteiger partial charge in [-0.05, 0) is 17.5 Å². The minimum Gasteiger partial charge on any atom is -0.332 e. The molecule has 0 aliphatic carbocycles. The van der Waals surface area contributed by atoms with E-state index < -0.39 is 0 Å². The first-order chi connectivity index (χ1) is 7.43. The second-order valence-corrected chi connectivity index (χ2v) is 3.82. The number of H-pyrrole nitrogens is 1. The normalized spacial score (nSPS) is 10.7. The first-order valence-electron chi connectivity index (χ1n) is 4.31. The van der Waals surface area contributed by atoms with Crippen LogP contribution in [-0.4, -0.2) is 20.3 Å². The molecule has 6 heteroatoms. The smallest absolute Gasteiger partial charge is 0.276 e. The number of hydrogen-bond donors (Lipinski definition) is 1. The molecular weight excluding hydrogens is 212 g/mol. The molecule has 3 aromatic heterocycles. The molecule has 0 amide bonds. The summed E-state index contributed by atoms with van der Waals surface area (Å²) in [5, 5.41) is 12.5. The predicted molar refractivity (Wildman–Crippen MR) is 55.2 cm³/mol. The molecule has 0 unspecified atom stereocenters. The van der Waals surface area contributed by atoms with Crippen molar-refractivity contribution in [3.05, 3.63) is 29.8 Å². The fourth-order valence-corrected chi connectivity index (χ4v) is 1.86. The number of thiophene rings is 1. The molecule has 15 heavy (non-hydrogen) atoms. The molecule has 1 N–H and O–H groups in total. The molecular formula is C9H6N4OS. The molecule has 74 valence electrons. The van der Waals surface area contributed by atoms with E-state index in [1.807, 2.05) is 17.5 Å². The number of aromatic amines is 1. The van der Waals surface area contributed by atoms with Crippen LogP contribution in [0.3, 0.4) is 0 Å². The molecule has 0 aromatic carbocycles. The Hall–Kier alpha value is -1.95. The van der Waals surface area contributed by atoms with Crippen LogP contribution in [0.15, 0.2) is 34.3 Å². The fraction of sp³-hybridized carbons (Fsp3) is 0. The van der Waals surface area contributed by atoms with E-state index in [4.69, 9.17) is 4.52 Å². The van der Waals surface area contributed by atoms with Crippen molar-refractivity contribution in [3.8, 4) is 22.3 Å². The third kappa shape index (κ3) is 1.44. The van der Waals surface area contributed by atoms with E-state index in [-0.39, 0.29) is 0 Å². The van der Waals surface area contributed by atoms with Gasteiger partial charge in [0, 0.05) is 6.20 Å². The Kier molecular flexibility index (Phi) is 1.85. The SMILES string of the molecule is c1csc(-c2noc(-c3ccn[nH]3)n2)c1. The lowest BCUT2D eigenvalue weighted by Gasteiger charge is -1.83. The predicted octanol–water partition coefficient (Wildman–Crippen LogP) is 2.19. The van der Waals surface area contributed by atoms with Gasteiger partial charge in [0.15, 0.2) is 0 Å². The van der Waals surface area contributed by atoms with E-state index in [0.29, 0.717) is 11.7 Å². The van der Waals surface area contributed by atoms with E-state index in [0.717, 1.165) is 10.6 Å². The van der Waals surface area contributed by atoms with E-state index in [1.54, 1.807) is 23.6 Å². The monoisotopic (exact) mass is 218 g/mol. The third-order valence-electron chi connectivity index (χ3n) is 1.90. The fourth-order valence-electron chi connectivity index (χ4n) is 1.21. The maximum absolute atomic E-state index is 5.11. The van der Waals surface area contributed by atoms with Crippen LogP contribution in [0.5, 0.6) is 0 Å². The Morgan fingerprint density at radius 1 is 1.33 bits per heavy atom. The van der Waals surface area contributed by atoms with Crippen molar-refractivity contribution in [1.29, 1.82) is 0 Å². The molecule has 3 rings (SSSR count). The van der Waals surface area contributed by atoms with Gasteiger partial charge in [0.2, 0.25) is 5.82 Å². The van der Waals surface area contributed by atoms with E-state index in [1.165, 1.54) is 0 Å². The zero-order valence-corrected chi connectivity index (χ0v) is 8.36. The Morgan fingerprint density at radius 2 is 2.33 bits per heavy atom. The van der Waals surface area contributed by atoms with Crippen LogP contribution < -0.4 is 0 Å². The lowest BCUT2D eigenvalue weighted by Crippen LogP contribution is -1.78. The van der Waals surface area contributed by atoms with Crippen molar-refractivity contribution in [3.63, 3.8) is 0 Å². The molecule has 0 aliphatic heterocycles. The van der Waals surface area contributed by atoms with Crippen LogP contribution in [0.2, 0.25) is 0 Å². The van der Waals surface area contributed by atoms with Gasteiger partial charge in [-0.25, -0.2) is 0 Å². The zero-order chi connectivity index (χ0) is 10.1. The summed E-state index contributed by atoms with van der Waals surface area (Å²) in [4.78, 5) is 5.25. The molecule has 0 spiro atoms. The minimum absolute atomic E-state index is 0.455. The van der Waals surface area contributed by atoms with Gasteiger partial charge >= 0.3 is 0 Å². The van der Waals surface area contributed by atoms with Crippen molar-refractivity contribution in [1.82, 2.24) is 20.3 Å². The molecule has 0 radical (unpaired) electrons. The summed E-state index contributed by atoms with van der Waals surface area (Å²) >= 11 is 1.58. The van der Waals surface area contributed by atoms with Crippen molar-refractivity contribution in [2.75, 3.05) is 0 Å². The van der Waals surface area contributed by atoms with E-state index in [2.05, 4.69) is 20.3 Å². The molecule has 3 heterocycles. The quantitative estimate of drug-likeness (QED) is 0.715. The van der Waals surface area contributed by atoms with Crippen LogP contribution in [0.1, 0.15) is 0 Å². The van der Waals surface area contributed by atoms with E-state index in [9.17, 15) is 0 Å². The number of aromatic nitrogens is 4. The molecule has 0 saturated heterocycles. The second-order valence-electron chi connectivity index (χ2n) is 2.87. The van der Waals surface area contributed by atoms with Crippen molar-refractivity contribution >= 4 is 11.3 Å². The number of nitrogens with one attached hydrogen (secondary N) is 1. The Balaban J connectivity index is 2.02. The molecule has 5 nitrogen and oxygen atoms in total. The number of nitrogens with zero attached hydrogens (tertiary/aromatic N) is 3. The third-order valence-corrected chi connectivity index (χ3v) is 2.76. The van der Waals surface area contributed by atoms with Crippen LogP contribution in [0.4, 0.5) is 0 Å². The van der Waals surface area contributed by atoms with Gasteiger partial charge in [0.25, 0.3) is 5.89 Å². The standard InChI is InChI=1S/C9H6N4OS/c1-2-7(15-5-1)8-11-9(14-13-8)6-3-4-10-12-6/h1-5H,(H,10,12). The molecule has 0 atom stereocenters. The van der Waals surface area contributed by atoms with E-state index >= 15 is 0 Å². The van der Waals surface area contributed by atoms with Gasteiger partial charge < -0.3 is 4.52 Å². The molecule has 0 aliphatic rings. The average molecular weight is 218 g/mol. The Labute approximate surface area is 88.8 Å². The number of rotatable bonds is 2. The second kappa shape index (κ2) is 3.32. The summed E-state index contributed by atoms with van der Waals surface area (Å²) in [6, 6.07) is 5.68. The lowest BCUT2D eigenvalue weighted by atomic mass is 10.4. The Bertz CT molecular complexity index is 492. The Morgan fingerprint density at radius 3 is 3.07 bits per heavy atom. The average Bonchev–Trinajstić information content (AvgIpc) is 3.02. The van der Waals surface area contributed by atoms with Crippen molar-refractivity contribution < 1.29 is 4.52 Å². The highest BCUT2D eigenvalue weighted by atomic mass is 32.1. The van der Waals surface area contributed by atoms with Crippen LogP contribution in [0, 0.1) is 0 Å². The summed E-state index contributed by atoms with van der Waals surface area (Å²) in [5.74, 6) is 1.06. The highest BCUT2D eigenvalue weighted by Crippen LogP contribution is 2.23. The highest BCUT2D eigenvalue weighted by Gasteiger charge is 2.11. The van der Waals surface area contributed by atoms with Crippen LogP contribution in [-0.2, 0) is 0 Å². The van der Waals surface area contributed by atoms with Gasteiger partial charge in [0.1, 0.15) is 5.69 Å². The number of hydrogen-bond acceptors (Lipinski definition) is 5.